The Morgan fingerprint density at radius 2 is 1.67 bits per heavy atom. The van der Waals surface area contributed by atoms with Gasteiger partial charge in [0, 0.05) is 19.0 Å². The van der Waals surface area contributed by atoms with E-state index in [1.54, 1.807) is 0 Å². The maximum absolute atomic E-state index is 11.7. The number of hydrogen-bond donors (Lipinski definition) is 0. The number of rotatable bonds is 5. The van der Waals surface area contributed by atoms with E-state index in [4.69, 9.17) is 0 Å². The summed E-state index contributed by atoms with van der Waals surface area (Å²) in [5.74, 6) is 1.74. The molecule has 1 saturated heterocycles. The molecule has 88 valence electrons. The Balaban J connectivity index is 2.57. The predicted molar refractivity (Wildman–Crippen MR) is 63.6 cm³/mol. The van der Waals surface area contributed by atoms with Crippen LogP contribution in [0.4, 0.5) is 0 Å². The summed E-state index contributed by atoms with van der Waals surface area (Å²) in [6, 6.07) is 0.486. The van der Waals surface area contributed by atoms with Crippen LogP contribution in [-0.4, -0.2) is 23.4 Å². The van der Waals surface area contributed by atoms with Gasteiger partial charge in [-0.05, 0) is 31.1 Å². The number of amides is 1. The lowest BCUT2D eigenvalue weighted by Crippen LogP contribution is -2.38. The molecule has 0 atom stereocenters. The van der Waals surface area contributed by atoms with Crippen LogP contribution < -0.4 is 0 Å². The molecule has 0 aromatic rings. The van der Waals surface area contributed by atoms with Crippen LogP contribution in [0.2, 0.25) is 0 Å². The van der Waals surface area contributed by atoms with Gasteiger partial charge in [-0.25, -0.2) is 0 Å². The summed E-state index contributed by atoms with van der Waals surface area (Å²) in [6.07, 6.45) is 4.14. The standard InChI is InChI=1S/C13H25NO/c1-10(2)8-12(9-11(3)4)14-7-5-6-13(14)15/h10-12H,5-9H2,1-4H3. The number of carbonyl (C=O) groups is 1. The highest BCUT2D eigenvalue weighted by Crippen LogP contribution is 2.23. The highest BCUT2D eigenvalue weighted by atomic mass is 16.2. The third kappa shape index (κ3) is 3.84. The molecule has 1 aliphatic rings. The Morgan fingerprint density at radius 3 is 2.00 bits per heavy atom. The Labute approximate surface area is 94.0 Å². The second-order valence-corrected chi connectivity index (χ2v) is 5.60. The van der Waals surface area contributed by atoms with Gasteiger partial charge in [0.2, 0.25) is 5.91 Å². The van der Waals surface area contributed by atoms with Gasteiger partial charge in [0.1, 0.15) is 0 Å². The molecule has 1 aliphatic heterocycles. The zero-order valence-electron chi connectivity index (χ0n) is 10.6. The molecule has 2 heteroatoms. The molecule has 0 bridgehead atoms. The minimum absolute atomic E-state index is 0.376. The van der Waals surface area contributed by atoms with Crippen molar-refractivity contribution in [2.24, 2.45) is 11.8 Å². The Morgan fingerprint density at radius 1 is 1.13 bits per heavy atom. The van der Waals surface area contributed by atoms with Crippen molar-refractivity contribution in [3.05, 3.63) is 0 Å². The van der Waals surface area contributed by atoms with E-state index in [2.05, 4.69) is 32.6 Å². The molecule has 0 radical (unpaired) electrons. The van der Waals surface area contributed by atoms with Gasteiger partial charge in [0.15, 0.2) is 0 Å². The average Bonchev–Trinajstić information content (AvgIpc) is 2.48. The van der Waals surface area contributed by atoms with E-state index in [1.165, 1.54) is 0 Å². The average molecular weight is 211 g/mol. The summed E-state index contributed by atoms with van der Waals surface area (Å²) in [5.41, 5.74) is 0. The first-order chi connectivity index (χ1) is 7.00. The molecular weight excluding hydrogens is 186 g/mol. The van der Waals surface area contributed by atoms with E-state index >= 15 is 0 Å². The topological polar surface area (TPSA) is 20.3 Å². The first-order valence-electron chi connectivity index (χ1n) is 6.30. The molecule has 0 aromatic carbocycles. The van der Waals surface area contributed by atoms with Crippen LogP contribution in [0.1, 0.15) is 53.4 Å². The van der Waals surface area contributed by atoms with E-state index in [0.29, 0.717) is 23.8 Å². The molecule has 0 aliphatic carbocycles. The van der Waals surface area contributed by atoms with Crippen LogP contribution in [0.3, 0.4) is 0 Å². The molecule has 1 fully saturated rings. The number of nitrogens with zero attached hydrogens (tertiary/aromatic N) is 1. The molecule has 1 amide bonds. The van der Waals surface area contributed by atoms with Gasteiger partial charge >= 0.3 is 0 Å². The Bertz CT molecular complexity index is 201. The van der Waals surface area contributed by atoms with Crippen molar-refractivity contribution in [1.29, 1.82) is 0 Å². The van der Waals surface area contributed by atoms with Crippen LogP contribution in [0.15, 0.2) is 0 Å². The van der Waals surface area contributed by atoms with Crippen LogP contribution in [0.25, 0.3) is 0 Å². The Kier molecular flexibility index (Phi) is 4.62. The van der Waals surface area contributed by atoms with Gasteiger partial charge in [-0.1, -0.05) is 27.7 Å². The maximum atomic E-state index is 11.7. The van der Waals surface area contributed by atoms with Crippen molar-refractivity contribution in [1.82, 2.24) is 4.90 Å². The van der Waals surface area contributed by atoms with E-state index in [0.717, 1.165) is 32.2 Å². The first-order valence-corrected chi connectivity index (χ1v) is 6.30. The van der Waals surface area contributed by atoms with E-state index in [-0.39, 0.29) is 0 Å². The monoisotopic (exact) mass is 211 g/mol. The van der Waals surface area contributed by atoms with Gasteiger partial charge in [-0.3, -0.25) is 4.79 Å². The first kappa shape index (κ1) is 12.5. The normalized spacial score (nSPS) is 17.5. The summed E-state index contributed by atoms with van der Waals surface area (Å²) in [4.78, 5) is 13.8. The summed E-state index contributed by atoms with van der Waals surface area (Å²) in [6.45, 7) is 9.96. The van der Waals surface area contributed by atoms with Gasteiger partial charge < -0.3 is 4.90 Å². The van der Waals surface area contributed by atoms with Crippen LogP contribution in [-0.2, 0) is 4.79 Å². The fourth-order valence-corrected chi connectivity index (χ4v) is 2.49. The molecule has 0 saturated carbocycles. The number of carbonyl (C=O) groups excluding carboxylic acids is 1. The lowest BCUT2D eigenvalue weighted by atomic mass is 9.94. The lowest BCUT2D eigenvalue weighted by molar-refractivity contribution is -0.130. The highest BCUT2D eigenvalue weighted by Gasteiger charge is 2.28. The van der Waals surface area contributed by atoms with Crippen molar-refractivity contribution in [2.45, 2.75) is 59.4 Å². The molecule has 0 N–H and O–H groups in total. The third-order valence-electron chi connectivity index (χ3n) is 3.04. The van der Waals surface area contributed by atoms with Crippen LogP contribution in [0.5, 0.6) is 0 Å². The van der Waals surface area contributed by atoms with Crippen molar-refractivity contribution in [3.63, 3.8) is 0 Å². The predicted octanol–water partition coefficient (Wildman–Crippen LogP) is 3.07. The van der Waals surface area contributed by atoms with E-state index in [9.17, 15) is 4.79 Å². The molecule has 15 heavy (non-hydrogen) atoms. The molecule has 1 heterocycles. The summed E-state index contributed by atoms with van der Waals surface area (Å²) >= 11 is 0. The number of likely N-dealkylation sites (tertiary alicyclic amines) is 1. The molecule has 0 aromatic heterocycles. The second kappa shape index (κ2) is 5.53. The maximum Gasteiger partial charge on any atom is 0.222 e. The zero-order valence-corrected chi connectivity index (χ0v) is 10.6. The third-order valence-corrected chi connectivity index (χ3v) is 3.04. The summed E-state index contributed by atoms with van der Waals surface area (Å²) < 4.78 is 0. The van der Waals surface area contributed by atoms with Gasteiger partial charge in [-0.2, -0.15) is 0 Å². The van der Waals surface area contributed by atoms with E-state index in [1.807, 2.05) is 0 Å². The highest BCUT2D eigenvalue weighted by molar-refractivity contribution is 5.78. The van der Waals surface area contributed by atoms with Crippen LogP contribution >= 0.6 is 0 Å². The fraction of sp³-hybridized carbons (Fsp3) is 0.923. The van der Waals surface area contributed by atoms with Crippen molar-refractivity contribution in [3.8, 4) is 0 Å². The molecule has 0 unspecified atom stereocenters. The van der Waals surface area contributed by atoms with Crippen molar-refractivity contribution >= 4 is 5.91 Å². The van der Waals surface area contributed by atoms with Crippen LogP contribution in [0, 0.1) is 11.8 Å². The molecule has 2 nitrogen and oxygen atoms in total. The summed E-state index contributed by atoms with van der Waals surface area (Å²) in [7, 11) is 0. The minimum atomic E-state index is 0.376. The SMILES string of the molecule is CC(C)CC(CC(C)C)N1CCCC1=O. The second-order valence-electron chi connectivity index (χ2n) is 5.60. The largest absolute Gasteiger partial charge is 0.340 e. The quantitative estimate of drug-likeness (QED) is 0.684. The molecule has 0 spiro atoms. The fourth-order valence-electron chi connectivity index (χ4n) is 2.49. The lowest BCUT2D eigenvalue weighted by Gasteiger charge is -2.30. The smallest absolute Gasteiger partial charge is 0.222 e. The van der Waals surface area contributed by atoms with Gasteiger partial charge in [0.25, 0.3) is 0 Å². The number of hydrogen-bond acceptors (Lipinski definition) is 1. The minimum Gasteiger partial charge on any atom is -0.340 e. The molecular formula is C13H25NO. The van der Waals surface area contributed by atoms with Gasteiger partial charge in [-0.15, -0.1) is 0 Å². The van der Waals surface area contributed by atoms with Crippen molar-refractivity contribution in [2.75, 3.05) is 6.54 Å². The summed E-state index contributed by atoms with van der Waals surface area (Å²) in [5, 5.41) is 0. The van der Waals surface area contributed by atoms with Crippen molar-refractivity contribution < 1.29 is 4.79 Å². The van der Waals surface area contributed by atoms with Gasteiger partial charge in [0.05, 0.1) is 0 Å². The Hall–Kier alpha value is -0.530. The zero-order chi connectivity index (χ0) is 11.4. The molecule has 1 rings (SSSR count). The van der Waals surface area contributed by atoms with E-state index < -0.39 is 0 Å².